The van der Waals surface area contributed by atoms with Crippen LogP contribution in [0, 0.1) is 5.92 Å². The van der Waals surface area contributed by atoms with Gasteiger partial charge in [0.2, 0.25) is 0 Å². The Hall–Kier alpha value is -1.97. The molecule has 1 heterocycles. The Labute approximate surface area is 214 Å². The minimum absolute atomic E-state index is 0.359. The highest BCUT2D eigenvalue weighted by Gasteiger charge is 2.12. The van der Waals surface area contributed by atoms with Crippen molar-refractivity contribution in [2.45, 2.75) is 123 Å². The van der Waals surface area contributed by atoms with E-state index in [1.54, 1.807) is 12.4 Å². The van der Waals surface area contributed by atoms with Crippen LogP contribution in [0.3, 0.4) is 0 Å². The standard InChI is InChI=1S/C31H49FN2O/c1-4-6-8-9-10-11-12-13-14-16-27-17-19-28(20-18-27)31-33-24-30(25-34-31)35-22-21-29(32)23-26(3)15-7-5-2/h17-20,24-26,29H,4-16,21-23H2,1-3H3. The summed E-state index contributed by atoms with van der Waals surface area (Å²) in [6.45, 7) is 6.94. The molecule has 0 bridgehead atoms. The second-order valence-electron chi connectivity index (χ2n) is 10.2. The molecule has 0 radical (unpaired) electrons. The highest BCUT2D eigenvalue weighted by atomic mass is 19.1. The average Bonchev–Trinajstić information content (AvgIpc) is 2.87. The molecule has 0 aliphatic heterocycles. The lowest BCUT2D eigenvalue weighted by Gasteiger charge is -2.14. The number of rotatable bonds is 20. The topological polar surface area (TPSA) is 35.0 Å². The number of alkyl halides is 1. The number of ether oxygens (including phenoxy) is 1. The summed E-state index contributed by atoms with van der Waals surface area (Å²) in [5.41, 5.74) is 2.39. The van der Waals surface area contributed by atoms with E-state index in [1.807, 2.05) is 0 Å². The fourth-order valence-corrected chi connectivity index (χ4v) is 4.53. The van der Waals surface area contributed by atoms with E-state index in [2.05, 4.69) is 55.0 Å². The lowest BCUT2D eigenvalue weighted by atomic mass is 9.97. The molecule has 0 spiro atoms. The van der Waals surface area contributed by atoms with Gasteiger partial charge in [-0.2, -0.15) is 0 Å². The molecule has 0 N–H and O–H groups in total. The molecule has 0 aliphatic carbocycles. The molecule has 0 saturated heterocycles. The van der Waals surface area contributed by atoms with Gasteiger partial charge in [0.1, 0.15) is 6.17 Å². The van der Waals surface area contributed by atoms with Crippen molar-refractivity contribution in [3.8, 4) is 17.1 Å². The Morgan fingerprint density at radius 3 is 2.00 bits per heavy atom. The van der Waals surface area contributed by atoms with Gasteiger partial charge in [-0.1, -0.05) is 116 Å². The quantitative estimate of drug-likeness (QED) is 0.175. The maximum atomic E-state index is 14.2. The summed E-state index contributed by atoms with van der Waals surface area (Å²) in [7, 11) is 0. The molecule has 0 aliphatic rings. The number of aromatic nitrogens is 2. The van der Waals surface area contributed by atoms with Crippen molar-refractivity contribution in [1.29, 1.82) is 0 Å². The van der Waals surface area contributed by atoms with E-state index in [4.69, 9.17) is 4.74 Å². The fourth-order valence-electron chi connectivity index (χ4n) is 4.53. The molecule has 1 aromatic carbocycles. The van der Waals surface area contributed by atoms with Gasteiger partial charge < -0.3 is 4.74 Å². The van der Waals surface area contributed by atoms with Crippen LogP contribution >= 0.6 is 0 Å². The number of hydrogen-bond donors (Lipinski definition) is 0. The van der Waals surface area contributed by atoms with Crippen LogP contribution in [0.25, 0.3) is 11.4 Å². The number of aryl methyl sites for hydroxylation is 1. The highest BCUT2D eigenvalue weighted by molar-refractivity contribution is 5.55. The molecule has 2 unspecified atom stereocenters. The summed E-state index contributed by atoms with van der Waals surface area (Å²) in [5, 5.41) is 0. The largest absolute Gasteiger partial charge is 0.490 e. The van der Waals surface area contributed by atoms with Crippen LogP contribution in [0.2, 0.25) is 0 Å². The van der Waals surface area contributed by atoms with Crippen LogP contribution in [0.15, 0.2) is 36.7 Å². The summed E-state index contributed by atoms with van der Waals surface area (Å²) in [6, 6.07) is 8.59. The number of unbranched alkanes of at least 4 members (excludes halogenated alkanes) is 9. The maximum Gasteiger partial charge on any atom is 0.159 e. The first-order valence-electron chi connectivity index (χ1n) is 14.3. The SMILES string of the molecule is CCCCCCCCCCCc1ccc(-c2ncc(OCCC(F)CC(C)CCCC)cn2)cc1. The van der Waals surface area contributed by atoms with Crippen molar-refractivity contribution < 1.29 is 9.13 Å². The van der Waals surface area contributed by atoms with Crippen molar-refractivity contribution in [2.75, 3.05) is 6.61 Å². The van der Waals surface area contributed by atoms with Gasteiger partial charge in [-0.25, -0.2) is 14.4 Å². The Kier molecular flexibility index (Phi) is 15.3. The fraction of sp³-hybridized carbons (Fsp3) is 0.677. The predicted octanol–water partition coefficient (Wildman–Crippen LogP) is 9.54. The molecule has 196 valence electrons. The zero-order chi connectivity index (χ0) is 25.1. The van der Waals surface area contributed by atoms with Crippen LogP contribution in [0.5, 0.6) is 5.75 Å². The van der Waals surface area contributed by atoms with E-state index >= 15 is 0 Å². The molecule has 4 heteroatoms. The maximum absolute atomic E-state index is 14.2. The zero-order valence-corrected chi connectivity index (χ0v) is 22.6. The van der Waals surface area contributed by atoms with Crippen molar-refractivity contribution >= 4 is 0 Å². The first kappa shape index (κ1) is 29.3. The molecule has 35 heavy (non-hydrogen) atoms. The molecule has 0 fully saturated rings. The first-order chi connectivity index (χ1) is 17.1. The Morgan fingerprint density at radius 2 is 1.37 bits per heavy atom. The second kappa shape index (κ2) is 18.3. The van der Waals surface area contributed by atoms with E-state index in [0.717, 1.165) is 18.4 Å². The lowest BCUT2D eigenvalue weighted by Crippen LogP contribution is -2.12. The van der Waals surface area contributed by atoms with Gasteiger partial charge in [-0.15, -0.1) is 0 Å². The molecule has 1 aromatic heterocycles. The van der Waals surface area contributed by atoms with Crippen LogP contribution in [0.4, 0.5) is 4.39 Å². The van der Waals surface area contributed by atoms with Gasteiger partial charge in [0.15, 0.2) is 11.6 Å². The van der Waals surface area contributed by atoms with Gasteiger partial charge in [0.05, 0.1) is 19.0 Å². The van der Waals surface area contributed by atoms with Crippen LogP contribution in [-0.4, -0.2) is 22.7 Å². The minimum atomic E-state index is -0.809. The van der Waals surface area contributed by atoms with Gasteiger partial charge in [-0.3, -0.25) is 0 Å². The predicted molar refractivity (Wildman–Crippen MR) is 147 cm³/mol. The van der Waals surface area contributed by atoms with Gasteiger partial charge in [-0.05, 0) is 30.7 Å². The van der Waals surface area contributed by atoms with E-state index in [9.17, 15) is 4.39 Å². The zero-order valence-electron chi connectivity index (χ0n) is 22.6. The van der Waals surface area contributed by atoms with E-state index in [1.165, 1.54) is 76.2 Å². The lowest BCUT2D eigenvalue weighted by molar-refractivity contribution is 0.204. The minimum Gasteiger partial charge on any atom is -0.490 e. The Bertz CT molecular complexity index is 763. The molecule has 2 rings (SSSR count). The third kappa shape index (κ3) is 13.1. The number of benzene rings is 1. The summed E-state index contributed by atoms with van der Waals surface area (Å²) in [4.78, 5) is 8.90. The van der Waals surface area contributed by atoms with Crippen LogP contribution in [0.1, 0.15) is 116 Å². The Morgan fingerprint density at radius 1 is 0.771 bits per heavy atom. The van der Waals surface area contributed by atoms with Crippen LogP contribution in [-0.2, 0) is 6.42 Å². The number of halogens is 1. The summed E-state index contributed by atoms with van der Waals surface area (Å²) in [5.74, 6) is 1.73. The summed E-state index contributed by atoms with van der Waals surface area (Å²) in [6.07, 6.45) is 20.4. The molecular weight excluding hydrogens is 435 g/mol. The second-order valence-corrected chi connectivity index (χ2v) is 10.2. The van der Waals surface area contributed by atoms with Gasteiger partial charge >= 0.3 is 0 Å². The summed E-state index contributed by atoms with van der Waals surface area (Å²) < 4.78 is 19.9. The normalized spacial score (nSPS) is 13.0. The van der Waals surface area contributed by atoms with E-state index in [-0.39, 0.29) is 0 Å². The number of hydrogen-bond acceptors (Lipinski definition) is 3. The van der Waals surface area contributed by atoms with E-state index in [0.29, 0.717) is 36.9 Å². The van der Waals surface area contributed by atoms with Crippen molar-refractivity contribution in [3.05, 3.63) is 42.2 Å². The number of nitrogens with zero attached hydrogens (tertiary/aromatic N) is 2. The smallest absolute Gasteiger partial charge is 0.159 e. The Balaban J connectivity index is 1.64. The van der Waals surface area contributed by atoms with Gasteiger partial charge in [0, 0.05) is 12.0 Å². The van der Waals surface area contributed by atoms with Crippen molar-refractivity contribution in [3.63, 3.8) is 0 Å². The summed E-state index contributed by atoms with van der Waals surface area (Å²) >= 11 is 0. The third-order valence-corrected chi connectivity index (χ3v) is 6.82. The monoisotopic (exact) mass is 484 g/mol. The molecule has 2 aromatic rings. The molecule has 0 amide bonds. The van der Waals surface area contributed by atoms with Crippen LogP contribution < -0.4 is 4.74 Å². The molecule has 0 saturated carbocycles. The highest BCUT2D eigenvalue weighted by Crippen LogP contribution is 2.20. The molecular formula is C31H49FN2O. The third-order valence-electron chi connectivity index (χ3n) is 6.82. The first-order valence-corrected chi connectivity index (χ1v) is 14.3. The van der Waals surface area contributed by atoms with Crippen molar-refractivity contribution in [2.24, 2.45) is 5.92 Å². The average molecular weight is 485 g/mol. The molecule has 2 atom stereocenters. The van der Waals surface area contributed by atoms with Crippen molar-refractivity contribution in [1.82, 2.24) is 9.97 Å². The van der Waals surface area contributed by atoms with Gasteiger partial charge in [0.25, 0.3) is 0 Å². The van der Waals surface area contributed by atoms with E-state index < -0.39 is 6.17 Å². The molecule has 3 nitrogen and oxygen atoms in total.